The van der Waals surface area contributed by atoms with Crippen molar-refractivity contribution in [2.45, 2.75) is 13.3 Å². The van der Waals surface area contributed by atoms with E-state index < -0.39 is 0 Å². The van der Waals surface area contributed by atoms with E-state index in [0.717, 1.165) is 54.9 Å². The third kappa shape index (κ3) is 4.32. The lowest BCUT2D eigenvalue weighted by atomic mass is 10.1. The molecule has 1 aliphatic rings. The molecule has 7 heteroatoms. The fraction of sp³-hybridized carbons (Fsp3) is 0.350. The van der Waals surface area contributed by atoms with Crippen molar-refractivity contribution in [1.82, 2.24) is 14.9 Å². The van der Waals surface area contributed by atoms with E-state index in [1.807, 2.05) is 31.2 Å². The van der Waals surface area contributed by atoms with Crippen molar-refractivity contribution in [2.75, 3.05) is 38.2 Å². The second-order valence-corrected chi connectivity index (χ2v) is 6.63. The van der Waals surface area contributed by atoms with Crippen LogP contribution in [0, 0.1) is 6.92 Å². The lowest BCUT2D eigenvalue weighted by Crippen LogP contribution is -2.38. The van der Waals surface area contributed by atoms with Crippen molar-refractivity contribution in [3.63, 3.8) is 0 Å². The van der Waals surface area contributed by atoms with Gasteiger partial charge in [-0.2, -0.15) is 0 Å². The minimum absolute atomic E-state index is 0.0321. The Kier molecular flexibility index (Phi) is 5.13. The Labute approximate surface area is 157 Å². The molecule has 0 unspecified atom stereocenters. The molecule has 1 saturated heterocycles. The first kappa shape index (κ1) is 17.6. The lowest BCUT2D eigenvalue weighted by molar-refractivity contribution is -0.116. The van der Waals surface area contributed by atoms with E-state index >= 15 is 0 Å². The maximum absolute atomic E-state index is 12.3. The number of benzene rings is 1. The van der Waals surface area contributed by atoms with Gasteiger partial charge >= 0.3 is 0 Å². The molecule has 7 nitrogen and oxygen atoms in total. The molecule has 3 aromatic rings. The Morgan fingerprint density at radius 1 is 1.15 bits per heavy atom. The SMILES string of the molecule is Cc1ncc(-c2ccc3cnc(NC(=O)CCN4CCOCC4)cc3c2)o1. The predicted octanol–water partition coefficient (Wildman–Crippen LogP) is 2.86. The van der Waals surface area contributed by atoms with Crippen LogP contribution in [0.2, 0.25) is 0 Å². The molecule has 4 rings (SSSR count). The first-order valence-electron chi connectivity index (χ1n) is 9.10. The largest absolute Gasteiger partial charge is 0.441 e. The van der Waals surface area contributed by atoms with E-state index in [1.54, 1.807) is 12.4 Å². The molecule has 140 valence electrons. The zero-order chi connectivity index (χ0) is 18.6. The fourth-order valence-electron chi connectivity index (χ4n) is 3.15. The molecule has 0 radical (unpaired) electrons. The van der Waals surface area contributed by atoms with Gasteiger partial charge in [-0.1, -0.05) is 12.1 Å². The molecule has 2 aromatic heterocycles. The number of carbonyl (C=O) groups excluding carboxylic acids is 1. The number of anilines is 1. The molecular formula is C20H22N4O3. The smallest absolute Gasteiger partial charge is 0.226 e. The number of morpholine rings is 1. The minimum Gasteiger partial charge on any atom is -0.441 e. The summed E-state index contributed by atoms with van der Waals surface area (Å²) in [5.41, 5.74) is 0.943. The molecule has 27 heavy (non-hydrogen) atoms. The summed E-state index contributed by atoms with van der Waals surface area (Å²) >= 11 is 0. The zero-order valence-corrected chi connectivity index (χ0v) is 15.3. The highest BCUT2D eigenvalue weighted by Crippen LogP contribution is 2.26. The van der Waals surface area contributed by atoms with Crippen LogP contribution in [0.15, 0.2) is 41.1 Å². The zero-order valence-electron chi connectivity index (χ0n) is 15.3. The number of oxazole rings is 1. The topological polar surface area (TPSA) is 80.5 Å². The van der Waals surface area contributed by atoms with Crippen LogP contribution in [0.25, 0.3) is 22.1 Å². The van der Waals surface area contributed by atoms with Crippen molar-refractivity contribution >= 4 is 22.5 Å². The monoisotopic (exact) mass is 366 g/mol. The Morgan fingerprint density at radius 3 is 2.78 bits per heavy atom. The summed E-state index contributed by atoms with van der Waals surface area (Å²) in [4.78, 5) is 23.0. The summed E-state index contributed by atoms with van der Waals surface area (Å²) < 4.78 is 10.9. The molecule has 1 amide bonds. The lowest BCUT2D eigenvalue weighted by Gasteiger charge is -2.26. The standard InChI is InChI=1S/C20H22N4O3/c1-14-21-13-18(27-14)15-2-3-16-12-22-19(11-17(16)10-15)23-20(25)4-5-24-6-8-26-9-7-24/h2-3,10-13H,4-9H2,1H3,(H,22,23,25). The van der Waals surface area contributed by atoms with Gasteiger partial charge in [-0.15, -0.1) is 0 Å². The van der Waals surface area contributed by atoms with Gasteiger partial charge in [0.15, 0.2) is 11.7 Å². The highest BCUT2D eigenvalue weighted by molar-refractivity contribution is 5.93. The van der Waals surface area contributed by atoms with Crippen LogP contribution < -0.4 is 5.32 Å². The molecule has 1 aliphatic heterocycles. The summed E-state index contributed by atoms with van der Waals surface area (Å²) in [7, 11) is 0. The minimum atomic E-state index is -0.0321. The first-order chi connectivity index (χ1) is 13.2. The number of nitrogens with one attached hydrogen (secondary N) is 1. The van der Waals surface area contributed by atoms with Crippen molar-refractivity contribution in [1.29, 1.82) is 0 Å². The summed E-state index contributed by atoms with van der Waals surface area (Å²) in [6.07, 6.45) is 3.92. The maximum atomic E-state index is 12.3. The molecule has 0 bridgehead atoms. The summed E-state index contributed by atoms with van der Waals surface area (Å²) in [6.45, 7) is 5.79. The van der Waals surface area contributed by atoms with Gasteiger partial charge in [0, 0.05) is 50.1 Å². The third-order valence-corrected chi connectivity index (χ3v) is 4.65. The van der Waals surface area contributed by atoms with Gasteiger partial charge in [0.2, 0.25) is 5.91 Å². The molecular weight excluding hydrogens is 344 g/mol. The molecule has 3 heterocycles. The van der Waals surface area contributed by atoms with Crippen LogP contribution in [0.3, 0.4) is 0 Å². The van der Waals surface area contributed by atoms with Crippen LogP contribution in [-0.2, 0) is 9.53 Å². The number of nitrogens with zero attached hydrogens (tertiary/aromatic N) is 3. The van der Waals surface area contributed by atoms with Crippen LogP contribution in [0.1, 0.15) is 12.3 Å². The van der Waals surface area contributed by atoms with E-state index in [4.69, 9.17) is 9.15 Å². The molecule has 1 N–H and O–H groups in total. The van der Waals surface area contributed by atoms with Crippen molar-refractivity contribution in [3.8, 4) is 11.3 Å². The van der Waals surface area contributed by atoms with Gasteiger partial charge in [-0.05, 0) is 17.5 Å². The number of pyridine rings is 1. The van der Waals surface area contributed by atoms with Gasteiger partial charge in [-0.3, -0.25) is 9.69 Å². The Balaban J connectivity index is 1.44. The van der Waals surface area contributed by atoms with E-state index in [0.29, 0.717) is 18.1 Å². The Morgan fingerprint density at radius 2 is 2.00 bits per heavy atom. The van der Waals surface area contributed by atoms with Gasteiger partial charge in [0.1, 0.15) is 5.82 Å². The number of rotatable bonds is 5. The van der Waals surface area contributed by atoms with E-state index in [9.17, 15) is 4.79 Å². The highest BCUT2D eigenvalue weighted by atomic mass is 16.5. The quantitative estimate of drug-likeness (QED) is 0.748. The maximum Gasteiger partial charge on any atom is 0.226 e. The van der Waals surface area contributed by atoms with Gasteiger partial charge in [0.25, 0.3) is 0 Å². The second-order valence-electron chi connectivity index (χ2n) is 6.63. The predicted molar refractivity (Wildman–Crippen MR) is 102 cm³/mol. The fourth-order valence-corrected chi connectivity index (χ4v) is 3.15. The summed E-state index contributed by atoms with van der Waals surface area (Å²) in [6, 6.07) is 7.86. The van der Waals surface area contributed by atoms with Crippen molar-refractivity contribution in [2.24, 2.45) is 0 Å². The number of aryl methyl sites for hydroxylation is 1. The molecule has 0 atom stereocenters. The Hall–Kier alpha value is -2.77. The summed E-state index contributed by atoms with van der Waals surface area (Å²) in [5, 5.41) is 4.88. The first-order valence-corrected chi connectivity index (χ1v) is 9.10. The molecule has 0 saturated carbocycles. The van der Waals surface area contributed by atoms with Crippen molar-refractivity contribution < 1.29 is 13.9 Å². The normalized spacial score (nSPS) is 15.1. The number of aromatic nitrogens is 2. The molecule has 0 spiro atoms. The number of amides is 1. The van der Waals surface area contributed by atoms with Crippen LogP contribution in [0.4, 0.5) is 5.82 Å². The van der Waals surface area contributed by atoms with Crippen LogP contribution in [0.5, 0.6) is 0 Å². The van der Waals surface area contributed by atoms with Crippen LogP contribution >= 0.6 is 0 Å². The number of fused-ring (bicyclic) bond motifs is 1. The molecule has 1 aromatic carbocycles. The van der Waals surface area contributed by atoms with Gasteiger partial charge in [0.05, 0.1) is 19.4 Å². The van der Waals surface area contributed by atoms with E-state index in [-0.39, 0.29) is 5.91 Å². The van der Waals surface area contributed by atoms with Gasteiger partial charge in [-0.25, -0.2) is 9.97 Å². The molecule has 1 fully saturated rings. The number of hydrogen-bond donors (Lipinski definition) is 1. The summed E-state index contributed by atoms with van der Waals surface area (Å²) in [5.74, 6) is 1.88. The molecule has 0 aliphatic carbocycles. The highest BCUT2D eigenvalue weighted by Gasteiger charge is 2.12. The van der Waals surface area contributed by atoms with Gasteiger partial charge < -0.3 is 14.5 Å². The number of carbonyl (C=O) groups is 1. The van der Waals surface area contributed by atoms with Crippen molar-refractivity contribution in [3.05, 3.63) is 42.5 Å². The number of ether oxygens (including phenoxy) is 1. The number of hydrogen-bond acceptors (Lipinski definition) is 6. The average molecular weight is 366 g/mol. The van der Waals surface area contributed by atoms with Crippen LogP contribution in [-0.4, -0.2) is 53.6 Å². The Bertz CT molecular complexity index is 947. The second kappa shape index (κ2) is 7.85. The average Bonchev–Trinajstić information content (AvgIpc) is 3.13. The third-order valence-electron chi connectivity index (χ3n) is 4.65. The van der Waals surface area contributed by atoms with E-state index in [2.05, 4.69) is 20.2 Å². The van der Waals surface area contributed by atoms with E-state index in [1.165, 1.54) is 0 Å².